The normalized spacial score (nSPS) is 11.4. The fourth-order valence-corrected chi connectivity index (χ4v) is 1.86. The number of nitrogens with zero attached hydrogens (tertiary/aromatic N) is 3. The molecule has 0 amide bonds. The first-order valence-electron chi connectivity index (χ1n) is 5.00. The topological polar surface area (TPSA) is 111 Å². The zero-order valence-corrected chi connectivity index (χ0v) is 11.9. The summed E-state index contributed by atoms with van der Waals surface area (Å²) in [6, 6.07) is 4.38. The van der Waals surface area contributed by atoms with Gasteiger partial charge in [-0.15, -0.1) is 0 Å². The number of anilines is 1. The molecule has 0 fully saturated rings. The van der Waals surface area contributed by atoms with Crippen molar-refractivity contribution < 1.29 is 14.7 Å². The molecule has 0 aliphatic rings. The highest BCUT2D eigenvalue weighted by atomic mass is 35.5. The minimum Gasteiger partial charge on any atom is -0.476 e. The summed E-state index contributed by atoms with van der Waals surface area (Å²) in [6.07, 6.45) is 0. The van der Waals surface area contributed by atoms with E-state index < -0.39 is 11.7 Å². The lowest BCUT2D eigenvalue weighted by atomic mass is 10.3. The lowest BCUT2D eigenvalue weighted by molar-refractivity contribution is -0.129. The summed E-state index contributed by atoms with van der Waals surface area (Å²) < 4.78 is 3.75. The monoisotopic (exact) mass is 332 g/mol. The van der Waals surface area contributed by atoms with Crippen LogP contribution in [0.5, 0.6) is 5.75 Å². The molecule has 7 nitrogen and oxygen atoms in total. The van der Waals surface area contributed by atoms with Gasteiger partial charge in [-0.05, 0) is 12.1 Å². The number of nitrogen functional groups attached to an aromatic ring is 1. The van der Waals surface area contributed by atoms with Crippen LogP contribution in [0.25, 0.3) is 0 Å². The first-order valence-corrected chi connectivity index (χ1v) is 6.53. The number of hydrogen-bond donors (Lipinski definition) is 2. The molecule has 0 bridgehead atoms. The molecule has 0 atom stereocenters. The molecule has 1 heterocycles. The van der Waals surface area contributed by atoms with Crippen molar-refractivity contribution in [1.82, 2.24) is 9.36 Å². The fraction of sp³-hybridized carbons (Fsp3) is 0. The lowest BCUT2D eigenvalue weighted by Gasteiger charge is -2.01. The Labute approximate surface area is 126 Å². The SMILES string of the molecule is Nc1nc(C(=NOc2ccc(Cl)c(Cl)c2)C(=O)O)ns1. The Bertz CT molecular complexity index is 689. The Hall–Kier alpha value is -1.90. The molecule has 0 aliphatic carbocycles. The van der Waals surface area contributed by atoms with Crippen molar-refractivity contribution in [3.8, 4) is 5.75 Å². The van der Waals surface area contributed by atoms with E-state index in [1.807, 2.05) is 0 Å². The van der Waals surface area contributed by atoms with Gasteiger partial charge >= 0.3 is 5.97 Å². The van der Waals surface area contributed by atoms with E-state index in [0.717, 1.165) is 11.5 Å². The van der Waals surface area contributed by atoms with E-state index in [9.17, 15) is 4.79 Å². The van der Waals surface area contributed by atoms with Crippen LogP contribution < -0.4 is 10.6 Å². The van der Waals surface area contributed by atoms with E-state index in [2.05, 4.69) is 14.5 Å². The van der Waals surface area contributed by atoms with Crippen molar-refractivity contribution in [2.45, 2.75) is 0 Å². The number of hydrogen-bond acceptors (Lipinski definition) is 7. The summed E-state index contributed by atoms with van der Waals surface area (Å²) in [5.74, 6) is -1.25. The maximum Gasteiger partial charge on any atom is 0.362 e. The average molecular weight is 333 g/mol. The third-order valence-corrected chi connectivity index (χ3v) is 3.27. The molecule has 0 saturated heterocycles. The van der Waals surface area contributed by atoms with Crippen molar-refractivity contribution in [2.75, 3.05) is 5.73 Å². The third-order valence-electron chi connectivity index (χ3n) is 1.99. The van der Waals surface area contributed by atoms with E-state index in [-0.39, 0.29) is 21.7 Å². The van der Waals surface area contributed by atoms with Crippen molar-refractivity contribution in [2.24, 2.45) is 5.16 Å². The molecule has 0 radical (unpaired) electrons. The summed E-state index contributed by atoms with van der Waals surface area (Å²) in [5.41, 5.74) is 4.92. The number of nitrogens with two attached hydrogens (primary N) is 1. The van der Waals surface area contributed by atoms with Gasteiger partial charge in [-0.2, -0.15) is 9.36 Å². The van der Waals surface area contributed by atoms with Crippen molar-refractivity contribution in [1.29, 1.82) is 0 Å². The van der Waals surface area contributed by atoms with Gasteiger partial charge in [-0.1, -0.05) is 28.4 Å². The summed E-state index contributed by atoms with van der Waals surface area (Å²) in [5, 5.41) is 13.3. The molecule has 1 aromatic carbocycles. The highest BCUT2D eigenvalue weighted by molar-refractivity contribution is 7.09. The second-order valence-corrected chi connectivity index (χ2v) is 4.97. The molecule has 3 N–H and O–H groups in total. The molecule has 104 valence electrons. The molecule has 0 aliphatic heterocycles. The smallest absolute Gasteiger partial charge is 0.362 e. The second kappa shape index (κ2) is 6.04. The Kier molecular flexibility index (Phi) is 4.38. The second-order valence-electron chi connectivity index (χ2n) is 3.37. The molecule has 1 aromatic heterocycles. The molecule has 0 unspecified atom stereocenters. The van der Waals surface area contributed by atoms with Crippen LogP contribution in [0.15, 0.2) is 23.4 Å². The summed E-state index contributed by atoms with van der Waals surface area (Å²) in [6.45, 7) is 0. The van der Waals surface area contributed by atoms with Crippen LogP contribution in [0.1, 0.15) is 5.82 Å². The number of carbonyl (C=O) groups is 1. The number of halogens is 2. The Morgan fingerprint density at radius 3 is 2.70 bits per heavy atom. The number of aliphatic carboxylic acids is 1. The number of carboxylic acid groups (broad SMARTS) is 1. The summed E-state index contributed by atoms with van der Waals surface area (Å²) in [4.78, 5) is 19.8. The minimum absolute atomic E-state index is 0.125. The van der Waals surface area contributed by atoms with Crippen molar-refractivity contribution in [3.05, 3.63) is 34.1 Å². The third kappa shape index (κ3) is 3.35. The number of benzene rings is 1. The van der Waals surface area contributed by atoms with Crippen LogP contribution in [0.4, 0.5) is 5.13 Å². The van der Waals surface area contributed by atoms with Crippen LogP contribution >= 0.6 is 34.7 Å². The van der Waals surface area contributed by atoms with Gasteiger partial charge in [0.25, 0.3) is 0 Å². The molecule has 0 saturated carbocycles. The first-order chi connectivity index (χ1) is 9.47. The van der Waals surface area contributed by atoms with Gasteiger partial charge in [0, 0.05) is 17.6 Å². The number of oxime groups is 1. The predicted molar refractivity (Wildman–Crippen MR) is 75.6 cm³/mol. The number of carboxylic acids is 1. The molecule has 2 aromatic rings. The zero-order valence-electron chi connectivity index (χ0n) is 9.58. The standard InChI is InChI=1S/C10H6Cl2N4O3S/c11-5-2-1-4(3-6(5)12)19-15-7(9(17)18)8-14-10(13)20-16-8/h1-3H,(H,17,18)(H2,13,14,16). The maximum atomic E-state index is 11.1. The summed E-state index contributed by atoms with van der Waals surface area (Å²) >= 11 is 12.4. The van der Waals surface area contributed by atoms with Crippen molar-refractivity contribution in [3.63, 3.8) is 0 Å². The highest BCUT2D eigenvalue weighted by Crippen LogP contribution is 2.26. The van der Waals surface area contributed by atoms with E-state index >= 15 is 0 Å². The van der Waals surface area contributed by atoms with Crippen LogP contribution in [0, 0.1) is 0 Å². The number of rotatable bonds is 4. The molecular weight excluding hydrogens is 327 g/mol. The van der Waals surface area contributed by atoms with Crippen LogP contribution in [-0.2, 0) is 4.79 Å². The van der Waals surface area contributed by atoms with E-state index in [1.54, 1.807) is 0 Å². The zero-order chi connectivity index (χ0) is 14.7. The molecule has 20 heavy (non-hydrogen) atoms. The van der Waals surface area contributed by atoms with E-state index in [0.29, 0.717) is 5.02 Å². The average Bonchev–Trinajstić information content (AvgIpc) is 2.80. The van der Waals surface area contributed by atoms with Crippen LogP contribution in [0.2, 0.25) is 10.0 Å². The quantitative estimate of drug-likeness (QED) is 0.656. The van der Waals surface area contributed by atoms with Crippen molar-refractivity contribution >= 4 is 51.5 Å². The van der Waals surface area contributed by atoms with E-state index in [4.69, 9.17) is 38.9 Å². The molecule has 0 spiro atoms. The van der Waals surface area contributed by atoms with Gasteiger partial charge in [-0.3, -0.25) is 0 Å². The van der Waals surface area contributed by atoms with Gasteiger partial charge in [0.15, 0.2) is 10.9 Å². The highest BCUT2D eigenvalue weighted by Gasteiger charge is 2.19. The number of aromatic nitrogens is 2. The van der Waals surface area contributed by atoms with Crippen LogP contribution in [-0.4, -0.2) is 26.1 Å². The minimum atomic E-state index is -1.34. The maximum absolute atomic E-state index is 11.1. The Balaban J connectivity index is 2.26. The van der Waals surface area contributed by atoms with Gasteiger partial charge in [0.2, 0.25) is 11.5 Å². The van der Waals surface area contributed by atoms with Gasteiger partial charge in [0.1, 0.15) is 0 Å². The predicted octanol–water partition coefficient (Wildman–Crippen LogP) is 2.29. The molecule has 10 heteroatoms. The largest absolute Gasteiger partial charge is 0.476 e. The fourth-order valence-electron chi connectivity index (χ4n) is 1.14. The van der Waals surface area contributed by atoms with Gasteiger partial charge < -0.3 is 15.7 Å². The molecular formula is C10H6Cl2N4O3S. The van der Waals surface area contributed by atoms with Gasteiger partial charge in [0.05, 0.1) is 10.0 Å². The van der Waals surface area contributed by atoms with E-state index in [1.165, 1.54) is 18.2 Å². The molecule has 2 rings (SSSR count). The first kappa shape index (κ1) is 14.5. The lowest BCUT2D eigenvalue weighted by Crippen LogP contribution is -2.17. The van der Waals surface area contributed by atoms with Gasteiger partial charge in [-0.25, -0.2) is 4.79 Å². The summed E-state index contributed by atoms with van der Waals surface area (Å²) in [7, 11) is 0. The Morgan fingerprint density at radius 1 is 1.40 bits per heavy atom. The Morgan fingerprint density at radius 2 is 2.15 bits per heavy atom. The van der Waals surface area contributed by atoms with Crippen LogP contribution in [0.3, 0.4) is 0 Å².